The van der Waals surface area contributed by atoms with Gasteiger partial charge in [-0.15, -0.1) is 0 Å². The van der Waals surface area contributed by atoms with Gasteiger partial charge < -0.3 is 21.1 Å². The molecule has 0 heterocycles. The van der Waals surface area contributed by atoms with Crippen molar-refractivity contribution in [3.63, 3.8) is 0 Å². The van der Waals surface area contributed by atoms with E-state index in [1.54, 1.807) is 6.07 Å². The van der Waals surface area contributed by atoms with Crippen molar-refractivity contribution in [2.45, 2.75) is 38.6 Å². The summed E-state index contributed by atoms with van der Waals surface area (Å²) in [6.07, 6.45) is -0.0291. The molecule has 18 heavy (non-hydrogen) atoms. The first-order valence-electron chi connectivity index (χ1n) is 5.66. The zero-order valence-electron chi connectivity index (χ0n) is 10.8. The molecule has 1 rings (SSSR count). The van der Waals surface area contributed by atoms with Crippen LogP contribution in [0.3, 0.4) is 0 Å². The second kappa shape index (κ2) is 4.86. The maximum Gasteiger partial charge on any atom is 0.320 e. The van der Waals surface area contributed by atoms with E-state index in [0.29, 0.717) is 5.56 Å². The van der Waals surface area contributed by atoms with Gasteiger partial charge in [-0.2, -0.15) is 0 Å². The third kappa shape index (κ3) is 3.13. The maximum absolute atomic E-state index is 10.7. The minimum Gasteiger partial charge on any atom is -0.504 e. The molecule has 0 saturated carbocycles. The molecule has 0 aromatic heterocycles. The highest BCUT2D eigenvalue weighted by Crippen LogP contribution is 2.35. The van der Waals surface area contributed by atoms with Gasteiger partial charge in [0.1, 0.15) is 6.04 Å². The van der Waals surface area contributed by atoms with Crippen LogP contribution >= 0.6 is 0 Å². The monoisotopic (exact) mass is 253 g/mol. The van der Waals surface area contributed by atoms with Crippen molar-refractivity contribution in [1.82, 2.24) is 0 Å². The maximum atomic E-state index is 10.7. The molecule has 1 aromatic carbocycles. The van der Waals surface area contributed by atoms with Gasteiger partial charge in [0.15, 0.2) is 11.5 Å². The summed E-state index contributed by atoms with van der Waals surface area (Å²) >= 11 is 0. The van der Waals surface area contributed by atoms with E-state index < -0.39 is 12.0 Å². The number of carboxylic acid groups (broad SMARTS) is 1. The lowest BCUT2D eigenvalue weighted by atomic mass is 9.85. The number of carbonyl (C=O) groups is 1. The molecule has 100 valence electrons. The predicted molar refractivity (Wildman–Crippen MR) is 67.8 cm³/mol. The Kier molecular flexibility index (Phi) is 3.86. The molecule has 5 N–H and O–H groups in total. The Morgan fingerprint density at radius 2 is 1.89 bits per heavy atom. The van der Waals surface area contributed by atoms with Gasteiger partial charge in [-0.25, -0.2) is 0 Å². The van der Waals surface area contributed by atoms with Crippen molar-refractivity contribution in [1.29, 1.82) is 0 Å². The van der Waals surface area contributed by atoms with Crippen LogP contribution in [0.5, 0.6) is 11.5 Å². The molecular weight excluding hydrogens is 234 g/mol. The molecule has 1 unspecified atom stereocenters. The van der Waals surface area contributed by atoms with E-state index in [0.717, 1.165) is 5.56 Å². The van der Waals surface area contributed by atoms with Crippen LogP contribution in [0.25, 0.3) is 0 Å². The lowest BCUT2D eigenvalue weighted by molar-refractivity contribution is -0.138. The van der Waals surface area contributed by atoms with Gasteiger partial charge in [0.05, 0.1) is 0 Å². The Morgan fingerprint density at radius 3 is 2.33 bits per heavy atom. The lowest BCUT2D eigenvalue weighted by Crippen LogP contribution is -2.32. The average Bonchev–Trinajstić information content (AvgIpc) is 2.22. The van der Waals surface area contributed by atoms with Crippen LogP contribution in [0.2, 0.25) is 0 Å². The molecular formula is C13H19NO4. The van der Waals surface area contributed by atoms with Crippen LogP contribution in [-0.4, -0.2) is 27.3 Å². The first-order chi connectivity index (χ1) is 8.12. The second-order valence-electron chi connectivity index (χ2n) is 5.40. The fourth-order valence-electron chi connectivity index (χ4n) is 1.59. The van der Waals surface area contributed by atoms with Crippen molar-refractivity contribution in [3.8, 4) is 11.5 Å². The highest BCUT2D eigenvalue weighted by Gasteiger charge is 2.21. The van der Waals surface area contributed by atoms with E-state index in [1.807, 2.05) is 20.8 Å². The van der Waals surface area contributed by atoms with Crippen LogP contribution in [0.1, 0.15) is 31.9 Å². The molecule has 0 fully saturated rings. The standard InChI is InChI=1S/C13H19NO4/c1-13(2,3)8-4-7(5-9(14)12(17)18)11(16)10(15)6-8/h4,6,9,15-16H,5,14H2,1-3H3,(H,17,18). The minimum atomic E-state index is -1.14. The van der Waals surface area contributed by atoms with Crippen molar-refractivity contribution in [2.24, 2.45) is 5.73 Å². The van der Waals surface area contributed by atoms with Crippen LogP contribution in [0.15, 0.2) is 12.1 Å². The number of phenolic OH excluding ortho intramolecular Hbond substituents is 2. The summed E-state index contributed by atoms with van der Waals surface area (Å²) in [6, 6.07) is 2.05. The number of nitrogens with two attached hydrogens (primary N) is 1. The zero-order chi connectivity index (χ0) is 14.1. The smallest absolute Gasteiger partial charge is 0.320 e. The van der Waals surface area contributed by atoms with Gasteiger partial charge in [-0.3, -0.25) is 4.79 Å². The Bertz CT molecular complexity index is 463. The number of aromatic hydroxyl groups is 2. The quantitative estimate of drug-likeness (QED) is 0.609. The molecule has 1 aromatic rings. The molecule has 0 aliphatic heterocycles. The average molecular weight is 253 g/mol. The highest BCUT2D eigenvalue weighted by atomic mass is 16.4. The van der Waals surface area contributed by atoms with E-state index in [4.69, 9.17) is 10.8 Å². The molecule has 0 aliphatic carbocycles. The van der Waals surface area contributed by atoms with Crippen LogP contribution in [-0.2, 0) is 16.6 Å². The largest absolute Gasteiger partial charge is 0.504 e. The lowest BCUT2D eigenvalue weighted by Gasteiger charge is -2.21. The molecule has 1 atom stereocenters. The van der Waals surface area contributed by atoms with E-state index >= 15 is 0 Å². The van der Waals surface area contributed by atoms with Gasteiger partial charge >= 0.3 is 5.97 Å². The first-order valence-corrected chi connectivity index (χ1v) is 5.66. The SMILES string of the molecule is CC(C)(C)c1cc(O)c(O)c(CC(N)C(=O)O)c1. The summed E-state index contributed by atoms with van der Waals surface area (Å²) in [5.74, 6) is -1.70. The van der Waals surface area contributed by atoms with Crippen LogP contribution < -0.4 is 5.73 Å². The van der Waals surface area contributed by atoms with Crippen LogP contribution in [0.4, 0.5) is 0 Å². The Labute approximate surface area is 106 Å². The van der Waals surface area contributed by atoms with E-state index in [-0.39, 0.29) is 23.3 Å². The van der Waals surface area contributed by atoms with Crippen molar-refractivity contribution in [3.05, 3.63) is 23.3 Å². The fraction of sp³-hybridized carbons (Fsp3) is 0.462. The Morgan fingerprint density at radius 1 is 1.33 bits per heavy atom. The second-order valence-corrected chi connectivity index (χ2v) is 5.40. The third-order valence-electron chi connectivity index (χ3n) is 2.79. The summed E-state index contributed by atoms with van der Waals surface area (Å²) in [5.41, 5.74) is 6.37. The predicted octanol–water partition coefficient (Wildman–Crippen LogP) is 1.35. The molecule has 0 saturated heterocycles. The zero-order valence-corrected chi connectivity index (χ0v) is 10.8. The fourth-order valence-corrected chi connectivity index (χ4v) is 1.59. The molecule has 5 nitrogen and oxygen atoms in total. The molecule has 0 amide bonds. The third-order valence-corrected chi connectivity index (χ3v) is 2.79. The van der Waals surface area contributed by atoms with Crippen molar-refractivity contribution < 1.29 is 20.1 Å². The van der Waals surface area contributed by atoms with Crippen molar-refractivity contribution >= 4 is 5.97 Å². The number of phenols is 2. The van der Waals surface area contributed by atoms with Gasteiger partial charge in [0, 0.05) is 12.0 Å². The van der Waals surface area contributed by atoms with Gasteiger partial charge in [0.2, 0.25) is 0 Å². The summed E-state index contributed by atoms with van der Waals surface area (Å²) in [5, 5.41) is 28.1. The molecule has 0 aliphatic rings. The summed E-state index contributed by atoms with van der Waals surface area (Å²) in [7, 11) is 0. The molecule has 0 radical (unpaired) electrons. The van der Waals surface area contributed by atoms with E-state index in [2.05, 4.69) is 0 Å². The number of rotatable bonds is 3. The Hall–Kier alpha value is -1.75. The summed E-state index contributed by atoms with van der Waals surface area (Å²) < 4.78 is 0. The van der Waals surface area contributed by atoms with E-state index in [9.17, 15) is 15.0 Å². The van der Waals surface area contributed by atoms with E-state index in [1.165, 1.54) is 6.07 Å². The number of benzene rings is 1. The first kappa shape index (κ1) is 14.3. The summed E-state index contributed by atoms with van der Waals surface area (Å²) in [6.45, 7) is 5.87. The number of aliphatic carboxylic acids is 1. The van der Waals surface area contributed by atoms with Gasteiger partial charge in [-0.1, -0.05) is 26.8 Å². The van der Waals surface area contributed by atoms with Crippen LogP contribution in [0, 0.1) is 0 Å². The van der Waals surface area contributed by atoms with Gasteiger partial charge in [-0.05, 0) is 17.0 Å². The number of hydrogen-bond acceptors (Lipinski definition) is 4. The molecule has 5 heteroatoms. The van der Waals surface area contributed by atoms with Gasteiger partial charge in [0.25, 0.3) is 0 Å². The normalized spacial score (nSPS) is 13.3. The topological polar surface area (TPSA) is 104 Å². The highest BCUT2D eigenvalue weighted by molar-refractivity contribution is 5.73. The number of hydrogen-bond donors (Lipinski definition) is 4. The molecule has 0 bridgehead atoms. The van der Waals surface area contributed by atoms with Crippen molar-refractivity contribution in [2.75, 3.05) is 0 Å². The summed E-state index contributed by atoms with van der Waals surface area (Å²) in [4.78, 5) is 10.7. The molecule has 0 spiro atoms. The minimum absolute atomic E-state index is 0.0291. The Balaban J connectivity index is 3.19. The number of carboxylic acids is 1.